The van der Waals surface area contributed by atoms with Crippen molar-refractivity contribution < 1.29 is 17.9 Å². The minimum absolute atomic E-state index is 0.454. The maximum absolute atomic E-state index is 11.8. The van der Waals surface area contributed by atoms with Crippen LogP contribution in [0.1, 0.15) is 12.5 Å². The van der Waals surface area contributed by atoms with Gasteiger partial charge in [0.15, 0.2) is 0 Å². The number of benzene rings is 1. The lowest BCUT2D eigenvalue weighted by molar-refractivity contribution is -0.141. The average Bonchev–Trinajstić information content (AvgIpc) is 2.26. The molecule has 6 heteroatoms. The Kier molecular flexibility index (Phi) is 4.34. The molecule has 0 saturated carbocycles. The number of methoxy groups -OCH3 is 1. The van der Waals surface area contributed by atoms with Crippen molar-refractivity contribution in [3.05, 3.63) is 29.8 Å². The van der Waals surface area contributed by atoms with Crippen molar-refractivity contribution in [3.8, 4) is 0 Å². The van der Waals surface area contributed by atoms with Gasteiger partial charge in [-0.2, -0.15) is 0 Å². The quantitative estimate of drug-likeness (QED) is 0.775. The first-order valence-electron chi connectivity index (χ1n) is 5.41. The van der Waals surface area contributed by atoms with Gasteiger partial charge in [-0.1, -0.05) is 12.1 Å². The summed E-state index contributed by atoms with van der Waals surface area (Å²) in [6.07, 6.45) is 1.06. The number of sulfonamides is 1. The summed E-state index contributed by atoms with van der Waals surface area (Å²) in [5.74, 6) is -0.595. The largest absolute Gasteiger partial charge is 0.467 e. The first-order valence-corrected chi connectivity index (χ1v) is 7.26. The van der Waals surface area contributed by atoms with Crippen LogP contribution in [0.3, 0.4) is 0 Å². The second kappa shape index (κ2) is 5.39. The van der Waals surface area contributed by atoms with E-state index in [9.17, 15) is 13.2 Å². The number of ether oxygens (including phenoxy) is 1. The molecule has 18 heavy (non-hydrogen) atoms. The first-order chi connectivity index (χ1) is 8.27. The van der Waals surface area contributed by atoms with E-state index in [-0.39, 0.29) is 0 Å². The van der Waals surface area contributed by atoms with Crippen LogP contribution < -0.4 is 4.31 Å². The summed E-state index contributed by atoms with van der Waals surface area (Å²) in [5.41, 5.74) is 1.37. The van der Waals surface area contributed by atoms with Crippen molar-refractivity contribution in [2.75, 3.05) is 17.7 Å². The fourth-order valence-corrected chi connectivity index (χ4v) is 2.89. The highest BCUT2D eigenvalue weighted by molar-refractivity contribution is 7.92. The minimum atomic E-state index is -3.56. The standard InChI is InChI=1S/C12H17NO4S/c1-9-6-5-7-11(8-9)13(18(4,15)16)10(2)12(14)17-3/h5-8,10H,1-4H3. The summed E-state index contributed by atoms with van der Waals surface area (Å²) < 4.78 is 29.3. The smallest absolute Gasteiger partial charge is 0.329 e. The molecule has 5 nitrogen and oxygen atoms in total. The number of carbonyl (C=O) groups is 1. The molecule has 100 valence electrons. The van der Waals surface area contributed by atoms with Crippen LogP contribution in [0.15, 0.2) is 24.3 Å². The van der Waals surface area contributed by atoms with E-state index < -0.39 is 22.0 Å². The molecule has 0 aliphatic carbocycles. The zero-order valence-electron chi connectivity index (χ0n) is 10.9. The molecule has 0 heterocycles. The summed E-state index contributed by atoms with van der Waals surface area (Å²) in [6, 6.07) is 6.06. The van der Waals surface area contributed by atoms with E-state index in [1.54, 1.807) is 18.2 Å². The molecule has 0 aromatic heterocycles. The molecule has 0 aliphatic rings. The van der Waals surface area contributed by atoms with E-state index in [2.05, 4.69) is 4.74 Å². The molecular formula is C12H17NO4S. The normalized spacial score (nSPS) is 12.9. The summed E-state index contributed by atoms with van der Waals surface area (Å²) in [5, 5.41) is 0. The van der Waals surface area contributed by atoms with Gasteiger partial charge in [0, 0.05) is 0 Å². The van der Waals surface area contributed by atoms with E-state index in [1.165, 1.54) is 14.0 Å². The van der Waals surface area contributed by atoms with E-state index in [0.717, 1.165) is 16.1 Å². The molecule has 0 amide bonds. The van der Waals surface area contributed by atoms with Crippen LogP contribution in [0.5, 0.6) is 0 Å². The van der Waals surface area contributed by atoms with Gasteiger partial charge in [-0.15, -0.1) is 0 Å². The number of hydrogen-bond acceptors (Lipinski definition) is 4. The predicted octanol–water partition coefficient (Wildman–Crippen LogP) is 1.32. The van der Waals surface area contributed by atoms with Gasteiger partial charge in [-0.25, -0.2) is 13.2 Å². The van der Waals surface area contributed by atoms with Gasteiger partial charge < -0.3 is 4.74 Å². The summed E-state index contributed by atoms with van der Waals surface area (Å²) in [4.78, 5) is 11.5. The Labute approximate surface area is 107 Å². The van der Waals surface area contributed by atoms with Crippen LogP contribution in [0.25, 0.3) is 0 Å². The van der Waals surface area contributed by atoms with Crippen molar-refractivity contribution in [1.29, 1.82) is 0 Å². The van der Waals surface area contributed by atoms with E-state index in [0.29, 0.717) is 5.69 Å². The highest BCUT2D eigenvalue weighted by atomic mass is 32.2. The van der Waals surface area contributed by atoms with Crippen LogP contribution in [-0.2, 0) is 19.6 Å². The molecule has 1 atom stereocenters. The molecular weight excluding hydrogens is 254 g/mol. The number of aryl methyl sites for hydroxylation is 1. The number of nitrogens with zero attached hydrogens (tertiary/aromatic N) is 1. The Morgan fingerprint density at radius 1 is 1.39 bits per heavy atom. The lowest BCUT2D eigenvalue weighted by atomic mass is 10.2. The number of rotatable bonds is 4. The van der Waals surface area contributed by atoms with E-state index in [1.807, 2.05) is 13.0 Å². The van der Waals surface area contributed by atoms with Crippen molar-refractivity contribution in [3.63, 3.8) is 0 Å². The highest BCUT2D eigenvalue weighted by Gasteiger charge is 2.29. The van der Waals surface area contributed by atoms with Crippen LogP contribution in [-0.4, -0.2) is 33.8 Å². The van der Waals surface area contributed by atoms with Gasteiger partial charge in [0.25, 0.3) is 0 Å². The Balaban J connectivity index is 3.27. The molecule has 1 aromatic carbocycles. The molecule has 1 rings (SSSR count). The number of hydrogen-bond donors (Lipinski definition) is 0. The molecule has 1 unspecified atom stereocenters. The summed E-state index contributed by atoms with van der Waals surface area (Å²) in [6.45, 7) is 3.35. The molecule has 1 aromatic rings. The molecule has 0 aliphatic heterocycles. The third kappa shape index (κ3) is 3.22. The van der Waals surface area contributed by atoms with Crippen molar-refractivity contribution >= 4 is 21.7 Å². The second-order valence-corrected chi connectivity index (χ2v) is 5.96. The zero-order chi connectivity index (χ0) is 13.9. The van der Waals surface area contributed by atoms with Gasteiger partial charge in [0.1, 0.15) is 6.04 Å². The number of anilines is 1. The fourth-order valence-electron chi connectivity index (χ4n) is 1.73. The Morgan fingerprint density at radius 3 is 2.44 bits per heavy atom. The Hall–Kier alpha value is -1.56. The third-order valence-electron chi connectivity index (χ3n) is 2.51. The highest BCUT2D eigenvalue weighted by Crippen LogP contribution is 2.22. The lowest BCUT2D eigenvalue weighted by Crippen LogP contribution is -2.43. The molecule has 0 bridgehead atoms. The maximum atomic E-state index is 11.8. The maximum Gasteiger partial charge on any atom is 0.329 e. The topological polar surface area (TPSA) is 63.7 Å². The minimum Gasteiger partial charge on any atom is -0.467 e. The van der Waals surface area contributed by atoms with E-state index in [4.69, 9.17) is 0 Å². The van der Waals surface area contributed by atoms with Crippen molar-refractivity contribution in [2.45, 2.75) is 19.9 Å². The predicted molar refractivity (Wildman–Crippen MR) is 70.0 cm³/mol. The summed E-state index contributed by atoms with van der Waals surface area (Å²) in [7, 11) is -2.32. The zero-order valence-corrected chi connectivity index (χ0v) is 11.7. The van der Waals surface area contributed by atoms with Crippen LogP contribution >= 0.6 is 0 Å². The SMILES string of the molecule is COC(=O)C(C)N(c1cccc(C)c1)S(C)(=O)=O. The van der Waals surface area contributed by atoms with Crippen LogP contribution in [0, 0.1) is 6.92 Å². The van der Waals surface area contributed by atoms with Gasteiger partial charge >= 0.3 is 5.97 Å². The fraction of sp³-hybridized carbons (Fsp3) is 0.417. The van der Waals surface area contributed by atoms with Gasteiger partial charge in [-0.3, -0.25) is 4.31 Å². The molecule has 0 fully saturated rings. The van der Waals surface area contributed by atoms with Crippen molar-refractivity contribution in [2.24, 2.45) is 0 Å². The molecule has 0 spiro atoms. The summed E-state index contributed by atoms with van der Waals surface area (Å²) >= 11 is 0. The van der Waals surface area contributed by atoms with Crippen LogP contribution in [0.2, 0.25) is 0 Å². The lowest BCUT2D eigenvalue weighted by Gasteiger charge is -2.27. The third-order valence-corrected chi connectivity index (χ3v) is 3.75. The molecule has 0 radical (unpaired) electrons. The van der Waals surface area contributed by atoms with Crippen molar-refractivity contribution in [1.82, 2.24) is 0 Å². The average molecular weight is 271 g/mol. The molecule has 0 N–H and O–H groups in total. The number of carbonyl (C=O) groups excluding carboxylic acids is 1. The second-order valence-electron chi connectivity index (χ2n) is 4.10. The Bertz CT molecular complexity index is 539. The monoisotopic (exact) mass is 271 g/mol. The Morgan fingerprint density at radius 2 is 2.00 bits per heavy atom. The van der Waals surface area contributed by atoms with Crippen LogP contribution in [0.4, 0.5) is 5.69 Å². The van der Waals surface area contributed by atoms with Gasteiger partial charge in [-0.05, 0) is 31.5 Å². The molecule has 0 saturated heterocycles. The van der Waals surface area contributed by atoms with Gasteiger partial charge in [0.05, 0.1) is 19.1 Å². The number of esters is 1. The van der Waals surface area contributed by atoms with Gasteiger partial charge in [0.2, 0.25) is 10.0 Å². The van der Waals surface area contributed by atoms with E-state index >= 15 is 0 Å². The first kappa shape index (κ1) is 14.5.